The van der Waals surface area contributed by atoms with Gasteiger partial charge >= 0.3 is 0 Å². The molecule has 1 atom stereocenters. The molecule has 2 rings (SSSR count). The van der Waals surface area contributed by atoms with Gasteiger partial charge < -0.3 is 24.6 Å². The molecular weight excluding hydrogens is 392 g/mol. The summed E-state index contributed by atoms with van der Waals surface area (Å²) in [5, 5.41) is 22.8. The first-order chi connectivity index (χ1) is 15.2. The van der Waals surface area contributed by atoms with Crippen molar-refractivity contribution in [3.05, 3.63) is 53.6 Å². The van der Waals surface area contributed by atoms with Crippen LogP contribution >= 0.6 is 0 Å². The van der Waals surface area contributed by atoms with Crippen LogP contribution in [0.5, 0.6) is 17.2 Å². The predicted octanol–water partition coefficient (Wildman–Crippen LogP) is 4.10. The molecule has 2 aromatic carbocycles. The summed E-state index contributed by atoms with van der Waals surface area (Å²) in [5.41, 5.74) is 1.61. The zero-order valence-corrected chi connectivity index (χ0v) is 18.6. The summed E-state index contributed by atoms with van der Waals surface area (Å²) in [7, 11) is 1.65. The van der Waals surface area contributed by atoms with E-state index in [1.54, 1.807) is 25.3 Å². The van der Waals surface area contributed by atoms with Crippen molar-refractivity contribution >= 4 is 0 Å². The van der Waals surface area contributed by atoms with Gasteiger partial charge in [-0.15, -0.1) is 0 Å². The summed E-state index contributed by atoms with van der Waals surface area (Å²) in [6.07, 6.45) is 4.74. The number of aliphatic hydroxyl groups excluding tert-OH is 1. The average Bonchev–Trinajstić information content (AvgIpc) is 2.81. The van der Waals surface area contributed by atoms with E-state index in [9.17, 15) is 10.4 Å². The number of nitriles is 1. The maximum atomic E-state index is 10.2. The molecule has 2 N–H and O–H groups in total. The van der Waals surface area contributed by atoms with E-state index in [1.165, 1.54) is 18.4 Å². The fraction of sp³-hybridized carbons (Fsp3) is 0.480. The van der Waals surface area contributed by atoms with Crippen molar-refractivity contribution in [2.75, 3.05) is 33.4 Å². The van der Waals surface area contributed by atoms with E-state index in [4.69, 9.17) is 14.2 Å². The maximum absolute atomic E-state index is 10.2. The van der Waals surface area contributed by atoms with Crippen molar-refractivity contribution in [3.8, 4) is 23.3 Å². The number of unbranched alkanes of at least 4 members (excludes halogenated alkanes) is 3. The molecule has 0 fully saturated rings. The Morgan fingerprint density at radius 1 is 1.03 bits per heavy atom. The van der Waals surface area contributed by atoms with Gasteiger partial charge in [-0.1, -0.05) is 38.3 Å². The highest BCUT2D eigenvalue weighted by Crippen LogP contribution is 2.24. The lowest BCUT2D eigenvalue weighted by Crippen LogP contribution is -2.32. The molecule has 0 spiro atoms. The third-order valence-corrected chi connectivity index (χ3v) is 4.90. The van der Waals surface area contributed by atoms with Crippen molar-refractivity contribution in [2.45, 2.75) is 45.1 Å². The second-order valence-corrected chi connectivity index (χ2v) is 7.45. The maximum Gasteiger partial charge on any atom is 0.137 e. The van der Waals surface area contributed by atoms with Crippen LogP contribution in [-0.2, 0) is 6.42 Å². The summed E-state index contributed by atoms with van der Waals surface area (Å²) in [4.78, 5) is 0. The fourth-order valence-corrected chi connectivity index (χ4v) is 3.07. The van der Waals surface area contributed by atoms with E-state index in [2.05, 4.69) is 18.3 Å². The van der Waals surface area contributed by atoms with E-state index >= 15 is 0 Å². The van der Waals surface area contributed by atoms with E-state index in [1.807, 2.05) is 24.3 Å². The van der Waals surface area contributed by atoms with Gasteiger partial charge in [-0.3, -0.25) is 0 Å². The van der Waals surface area contributed by atoms with Gasteiger partial charge in [-0.2, -0.15) is 5.26 Å². The van der Waals surface area contributed by atoms with Crippen LogP contribution < -0.4 is 19.5 Å². The lowest BCUT2D eigenvalue weighted by molar-refractivity contribution is 0.106. The highest BCUT2D eigenvalue weighted by Gasteiger charge is 2.10. The summed E-state index contributed by atoms with van der Waals surface area (Å²) < 4.78 is 16.5. The van der Waals surface area contributed by atoms with Gasteiger partial charge in [-0.25, -0.2) is 0 Å². The van der Waals surface area contributed by atoms with E-state index in [0.29, 0.717) is 30.2 Å². The van der Waals surface area contributed by atoms with Gasteiger partial charge in [0.2, 0.25) is 0 Å². The Hall–Kier alpha value is -2.75. The Kier molecular flexibility index (Phi) is 11.3. The molecule has 0 saturated heterocycles. The van der Waals surface area contributed by atoms with Gasteiger partial charge in [0.25, 0.3) is 0 Å². The number of rotatable bonds is 15. The first kappa shape index (κ1) is 24.5. The summed E-state index contributed by atoms with van der Waals surface area (Å²) in [5.74, 6) is 1.96. The standard InChI is InChI=1S/C25H34N2O4/c1-3-4-5-6-15-30-24-11-12-25(21(16-24)17-26)31-19-22(28)18-27-14-13-20-7-9-23(29-2)10-8-20/h7-12,16,22,27-28H,3-6,13-15,18-19H2,1-2H3/t22-/m0/s1. The van der Waals surface area contributed by atoms with E-state index in [0.717, 1.165) is 31.6 Å². The van der Waals surface area contributed by atoms with Crippen LogP contribution in [0.1, 0.15) is 43.7 Å². The highest BCUT2D eigenvalue weighted by atomic mass is 16.5. The first-order valence-corrected chi connectivity index (χ1v) is 11.0. The monoisotopic (exact) mass is 426 g/mol. The fourth-order valence-electron chi connectivity index (χ4n) is 3.07. The minimum Gasteiger partial charge on any atom is -0.497 e. The Balaban J connectivity index is 1.68. The molecule has 0 saturated carbocycles. The van der Waals surface area contributed by atoms with Gasteiger partial charge in [-0.05, 0) is 49.2 Å². The molecule has 31 heavy (non-hydrogen) atoms. The molecule has 2 aromatic rings. The van der Waals surface area contributed by atoms with Crippen LogP contribution in [0, 0.1) is 11.3 Å². The third-order valence-electron chi connectivity index (χ3n) is 4.90. The summed E-state index contributed by atoms with van der Waals surface area (Å²) in [6, 6.07) is 15.3. The zero-order chi connectivity index (χ0) is 22.3. The molecule has 0 unspecified atom stereocenters. The van der Waals surface area contributed by atoms with Crippen molar-refractivity contribution in [2.24, 2.45) is 0 Å². The molecule has 0 radical (unpaired) electrons. The molecule has 0 amide bonds. The van der Waals surface area contributed by atoms with E-state index in [-0.39, 0.29) is 6.61 Å². The molecule has 0 aromatic heterocycles. The number of aliphatic hydroxyl groups is 1. The molecule has 0 aliphatic rings. The van der Waals surface area contributed by atoms with Crippen LogP contribution in [0.3, 0.4) is 0 Å². The molecular formula is C25H34N2O4. The second-order valence-electron chi connectivity index (χ2n) is 7.45. The quantitative estimate of drug-likeness (QED) is 0.417. The Bertz CT molecular complexity index is 802. The van der Waals surface area contributed by atoms with Crippen molar-refractivity contribution in [1.29, 1.82) is 5.26 Å². The van der Waals surface area contributed by atoms with Gasteiger partial charge in [0.15, 0.2) is 0 Å². The molecule has 0 aliphatic heterocycles. The molecule has 6 heteroatoms. The predicted molar refractivity (Wildman–Crippen MR) is 122 cm³/mol. The van der Waals surface area contributed by atoms with E-state index < -0.39 is 6.10 Å². The number of hydrogen-bond acceptors (Lipinski definition) is 6. The van der Waals surface area contributed by atoms with Crippen LogP contribution in [0.25, 0.3) is 0 Å². The first-order valence-electron chi connectivity index (χ1n) is 11.0. The molecule has 6 nitrogen and oxygen atoms in total. The van der Waals surface area contributed by atoms with Crippen LogP contribution in [0.15, 0.2) is 42.5 Å². The number of nitrogens with zero attached hydrogens (tertiary/aromatic N) is 1. The molecule has 0 heterocycles. The Labute approximate surface area is 185 Å². The van der Waals surface area contributed by atoms with Gasteiger partial charge in [0, 0.05) is 12.6 Å². The van der Waals surface area contributed by atoms with Crippen molar-refractivity contribution in [3.63, 3.8) is 0 Å². The number of methoxy groups -OCH3 is 1. The molecule has 168 valence electrons. The van der Waals surface area contributed by atoms with Gasteiger partial charge in [0.1, 0.15) is 36.0 Å². The summed E-state index contributed by atoms with van der Waals surface area (Å²) >= 11 is 0. The molecule has 0 bridgehead atoms. The van der Waals surface area contributed by atoms with Crippen LogP contribution in [-0.4, -0.2) is 44.6 Å². The lowest BCUT2D eigenvalue weighted by Gasteiger charge is -2.15. The van der Waals surface area contributed by atoms with Crippen molar-refractivity contribution < 1.29 is 19.3 Å². The average molecular weight is 427 g/mol. The van der Waals surface area contributed by atoms with Crippen LogP contribution in [0.2, 0.25) is 0 Å². The highest BCUT2D eigenvalue weighted by molar-refractivity contribution is 5.47. The third kappa shape index (κ3) is 9.29. The smallest absolute Gasteiger partial charge is 0.137 e. The normalized spacial score (nSPS) is 11.5. The van der Waals surface area contributed by atoms with Crippen LogP contribution in [0.4, 0.5) is 0 Å². The second kappa shape index (κ2) is 14.3. The lowest BCUT2D eigenvalue weighted by atomic mass is 10.1. The SMILES string of the molecule is CCCCCCOc1ccc(OC[C@@H](O)CNCCc2ccc(OC)cc2)c(C#N)c1. The number of benzene rings is 2. The largest absolute Gasteiger partial charge is 0.497 e. The number of ether oxygens (including phenoxy) is 3. The number of nitrogens with one attached hydrogen (secondary N) is 1. The Morgan fingerprint density at radius 2 is 1.81 bits per heavy atom. The topological polar surface area (TPSA) is 83.7 Å². The Morgan fingerprint density at radius 3 is 2.52 bits per heavy atom. The van der Waals surface area contributed by atoms with Gasteiger partial charge in [0.05, 0.1) is 19.3 Å². The summed E-state index contributed by atoms with van der Waals surface area (Å²) in [6.45, 7) is 4.09. The minimum absolute atomic E-state index is 0.113. The number of hydrogen-bond donors (Lipinski definition) is 2. The van der Waals surface area contributed by atoms with Crippen molar-refractivity contribution in [1.82, 2.24) is 5.32 Å². The minimum atomic E-state index is -0.670. The zero-order valence-electron chi connectivity index (χ0n) is 18.6. The molecule has 0 aliphatic carbocycles.